The van der Waals surface area contributed by atoms with Crippen LogP contribution in [0.3, 0.4) is 0 Å². The van der Waals surface area contributed by atoms with Crippen molar-refractivity contribution in [3.63, 3.8) is 0 Å². The summed E-state index contributed by atoms with van der Waals surface area (Å²) in [6.07, 6.45) is 8.68. The van der Waals surface area contributed by atoms with E-state index in [0.717, 1.165) is 36.0 Å². The molecule has 1 aromatic rings. The third kappa shape index (κ3) is 5.29. The number of rotatable bonds is 5. The largest absolute Gasteiger partial charge is 0.454 e. The standard InChI is InChI=1S/C18H25N3O2.HI/c1-19-18(20-10-9-14-5-3-2-4-6-14)21-12-15-7-8-16-17(11-15)23-13-22-16;/h5,7-8,11H,2-4,6,9-10,12-13H2,1H3,(H2,19,20,21);1H. The van der Waals surface area contributed by atoms with Gasteiger partial charge in [-0.3, -0.25) is 4.99 Å². The van der Waals surface area contributed by atoms with E-state index in [1.165, 1.54) is 25.7 Å². The van der Waals surface area contributed by atoms with E-state index < -0.39 is 0 Å². The minimum atomic E-state index is 0. The highest BCUT2D eigenvalue weighted by Crippen LogP contribution is 2.32. The van der Waals surface area contributed by atoms with Crippen molar-refractivity contribution in [3.05, 3.63) is 35.4 Å². The molecule has 3 rings (SSSR count). The maximum Gasteiger partial charge on any atom is 0.231 e. The average Bonchev–Trinajstić information content (AvgIpc) is 3.06. The van der Waals surface area contributed by atoms with Crippen molar-refractivity contribution >= 4 is 29.9 Å². The summed E-state index contributed by atoms with van der Waals surface area (Å²) < 4.78 is 10.7. The molecule has 1 aliphatic carbocycles. The monoisotopic (exact) mass is 443 g/mol. The van der Waals surface area contributed by atoms with Gasteiger partial charge in [0.2, 0.25) is 6.79 Å². The van der Waals surface area contributed by atoms with Crippen molar-refractivity contribution in [3.8, 4) is 11.5 Å². The second kappa shape index (κ2) is 9.76. The van der Waals surface area contributed by atoms with Gasteiger partial charge in [-0.05, 0) is 49.8 Å². The zero-order chi connectivity index (χ0) is 15.9. The summed E-state index contributed by atoms with van der Waals surface area (Å²) in [6, 6.07) is 6.00. The van der Waals surface area contributed by atoms with E-state index in [2.05, 4.69) is 21.7 Å². The first-order chi connectivity index (χ1) is 11.3. The van der Waals surface area contributed by atoms with Gasteiger partial charge in [-0.2, -0.15) is 0 Å². The zero-order valence-corrected chi connectivity index (χ0v) is 16.5. The number of allylic oxidation sites excluding steroid dienone is 1. The number of aliphatic imine (C=N–C) groups is 1. The molecule has 1 aliphatic heterocycles. The molecule has 0 bridgehead atoms. The SMILES string of the molecule is CN=C(NCCC1=CCCCC1)NCc1ccc2c(c1)OCO2.I. The number of hydrogen-bond donors (Lipinski definition) is 2. The lowest BCUT2D eigenvalue weighted by Gasteiger charge is -2.15. The van der Waals surface area contributed by atoms with E-state index in [1.807, 2.05) is 18.2 Å². The van der Waals surface area contributed by atoms with Gasteiger partial charge in [0, 0.05) is 20.1 Å². The molecular weight excluding hydrogens is 417 g/mol. The normalized spacial score (nSPS) is 16.2. The van der Waals surface area contributed by atoms with Crippen LogP contribution in [0.1, 0.15) is 37.7 Å². The lowest BCUT2D eigenvalue weighted by atomic mass is 9.97. The number of guanidine groups is 1. The van der Waals surface area contributed by atoms with E-state index in [0.29, 0.717) is 13.3 Å². The fourth-order valence-corrected chi connectivity index (χ4v) is 2.93. The third-order valence-electron chi connectivity index (χ3n) is 4.24. The molecule has 0 radical (unpaired) electrons. The number of fused-ring (bicyclic) bond motifs is 1. The summed E-state index contributed by atoms with van der Waals surface area (Å²) in [6.45, 7) is 1.94. The Morgan fingerprint density at radius 1 is 1.17 bits per heavy atom. The Bertz CT molecular complexity index is 602. The highest BCUT2D eigenvalue weighted by molar-refractivity contribution is 14.0. The van der Waals surface area contributed by atoms with Crippen LogP contribution in [0, 0.1) is 0 Å². The van der Waals surface area contributed by atoms with Crippen LogP contribution in [0.4, 0.5) is 0 Å². The topological polar surface area (TPSA) is 54.9 Å². The Morgan fingerprint density at radius 2 is 2.04 bits per heavy atom. The summed E-state index contributed by atoms with van der Waals surface area (Å²) in [5, 5.41) is 6.72. The second-order valence-corrected chi connectivity index (χ2v) is 5.90. The van der Waals surface area contributed by atoms with Gasteiger partial charge in [0.05, 0.1) is 0 Å². The van der Waals surface area contributed by atoms with Crippen molar-refractivity contribution < 1.29 is 9.47 Å². The molecule has 6 heteroatoms. The fourth-order valence-electron chi connectivity index (χ4n) is 2.93. The molecule has 24 heavy (non-hydrogen) atoms. The summed E-state index contributed by atoms with van der Waals surface area (Å²) >= 11 is 0. The number of nitrogens with zero attached hydrogens (tertiary/aromatic N) is 1. The molecule has 1 aromatic carbocycles. The van der Waals surface area contributed by atoms with Gasteiger partial charge in [-0.1, -0.05) is 17.7 Å². The molecule has 0 fully saturated rings. The van der Waals surface area contributed by atoms with Crippen LogP contribution in [-0.2, 0) is 6.54 Å². The van der Waals surface area contributed by atoms with Gasteiger partial charge in [0.1, 0.15) is 0 Å². The van der Waals surface area contributed by atoms with Gasteiger partial charge >= 0.3 is 0 Å². The van der Waals surface area contributed by atoms with Crippen LogP contribution in [0.15, 0.2) is 34.8 Å². The smallest absolute Gasteiger partial charge is 0.231 e. The Labute approximate surface area is 160 Å². The molecule has 132 valence electrons. The van der Waals surface area contributed by atoms with Crippen LogP contribution in [0.5, 0.6) is 11.5 Å². The van der Waals surface area contributed by atoms with Gasteiger partial charge in [0.15, 0.2) is 17.5 Å². The van der Waals surface area contributed by atoms with Gasteiger partial charge in [-0.15, -0.1) is 24.0 Å². The third-order valence-corrected chi connectivity index (χ3v) is 4.24. The fraction of sp³-hybridized carbons (Fsp3) is 0.500. The zero-order valence-electron chi connectivity index (χ0n) is 14.1. The predicted octanol–water partition coefficient (Wildman–Crippen LogP) is 3.59. The molecule has 5 nitrogen and oxygen atoms in total. The summed E-state index contributed by atoms with van der Waals surface area (Å²) in [5.74, 6) is 2.47. The molecule has 2 N–H and O–H groups in total. The highest BCUT2D eigenvalue weighted by atomic mass is 127. The lowest BCUT2D eigenvalue weighted by Crippen LogP contribution is -2.37. The average molecular weight is 443 g/mol. The molecular formula is C18H26IN3O2. The van der Waals surface area contributed by atoms with Crippen LogP contribution < -0.4 is 20.1 Å². The summed E-state index contributed by atoms with van der Waals surface area (Å²) in [7, 11) is 1.80. The second-order valence-electron chi connectivity index (χ2n) is 5.90. The van der Waals surface area contributed by atoms with Gasteiger partial charge in [-0.25, -0.2) is 0 Å². The quantitative estimate of drug-likeness (QED) is 0.316. The van der Waals surface area contributed by atoms with E-state index in [-0.39, 0.29) is 24.0 Å². The van der Waals surface area contributed by atoms with E-state index in [4.69, 9.17) is 9.47 Å². The molecule has 1 heterocycles. The maximum absolute atomic E-state index is 5.40. The van der Waals surface area contributed by atoms with Crippen molar-refractivity contribution in [2.24, 2.45) is 4.99 Å². The molecule has 0 saturated carbocycles. The van der Waals surface area contributed by atoms with E-state index >= 15 is 0 Å². The molecule has 0 aromatic heterocycles. The number of hydrogen-bond acceptors (Lipinski definition) is 3. The predicted molar refractivity (Wildman–Crippen MR) is 107 cm³/mol. The van der Waals surface area contributed by atoms with Crippen molar-refractivity contribution in [1.82, 2.24) is 10.6 Å². The maximum atomic E-state index is 5.40. The van der Waals surface area contributed by atoms with Crippen molar-refractivity contribution in [1.29, 1.82) is 0 Å². The number of ether oxygens (including phenoxy) is 2. The highest BCUT2D eigenvalue weighted by Gasteiger charge is 2.13. The number of benzene rings is 1. The minimum absolute atomic E-state index is 0. The Balaban J connectivity index is 0.00000208. The van der Waals surface area contributed by atoms with Gasteiger partial charge in [0.25, 0.3) is 0 Å². The molecule has 0 saturated heterocycles. The van der Waals surface area contributed by atoms with Crippen LogP contribution in [0.25, 0.3) is 0 Å². The first kappa shape index (κ1) is 18.9. The van der Waals surface area contributed by atoms with Crippen LogP contribution >= 0.6 is 24.0 Å². The van der Waals surface area contributed by atoms with E-state index in [1.54, 1.807) is 12.6 Å². The van der Waals surface area contributed by atoms with Crippen LogP contribution in [-0.4, -0.2) is 26.3 Å². The lowest BCUT2D eigenvalue weighted by molar-refractivity contribution is 0.174. The number of halogens is 1. The molecule has 2 aliphatic rings. The van der Waals surface area contributed by atoms with E-state index in [9.17, 15) is 0 Å². The Morgan fingerprint density at radius 3 is 2.83 bits per heavy atom. The van der Waals surface area contributed by atoms with Gasteiger partial charge < -0.3 is 20.1 Å². The molecule has 0 amide bonds. The first-order valence-electron chi connectivity index (χ1n) is 8.36. The Hall–Kier alpha value is -1.44. The minimum Gasteiger partial charge on any atom is -0.454 e. The van der Waals surface area contributed by atoms with Crippen molar-refractivity contribution in [2.75, 3.05) is 20.4 Å². The summed E-state index contributed by atoms with van der Waals surface area (Å²) in [4.78, 5) is 4.28. The Kier molecular flexibility index (Phi) is 7.68. The molecule has 0 unspecified atom stereocenters. The summed E-state index contributed by atoms with van der Waals surface area (Å²) in [5.41, 5.74) is 2.72. The van der Waals surface area contributed by atoms with Crippen molar-refractivity contribution in [2.45, 2.75) is 38.6 Å². The molecule has 0 spiro atoms. The number of nitrogens with one attached hydrogen (secondary N) is 2. The van der Waals surface area contributed by atoms with Crippen LogP contribution in [0.2, 0.25) is 0 Å². The molecule has 0 atom stereocenters. The first-order valence-corrected chi connectivity index (χ1v) is 8.36.